The topological polar surface area (TPSA) is 118 Å². The van der Waals surface area contributed by atoms with Gasteiger partial charge in [-0.15, -0.1) is 0 Å². The molecule has 12 atom stereocenters. The third kappa shape index (κ3) is 3.95. The van der Waals surface area contributed by atoms with Crippen LogP contribution in [0.1, 0.15) is 73.1 Å². The predicted octanol–water partition coefficient (Wildman–Crippen LogP) is 4.53. The second-order valence-corrected chi connectivity index (χ2v) is 15.5. The maximum atomic E-state index is 14.4. The van der Waals surface area contributed by atoms with E-state index in [-0.39, 0.29) is 47.6 Å². The van der Waals surface area contributed by atoms with Crippen LogP contribution in [0.15, 0.2) is 54.6 Å². The summed E-state index contributed by atoms with van der Waals surface area (Å²) in [5, 5.41) is 29.1. The zero-order valence-corrected chi connectivity index (χ0v) is 27.9. The first-order valence-corrected chi connectivity index (χ1v) is 17.5. The third-order valence-corrected chi connectivity index (χ3v) is 13.8. The first-order chi connectivity index (χ1) is 22.6. The Morgan fingerprint density at radius 3 is 2.45 bits per heavy atom. The molecule has 1 amide bonds. The second-order valence-electron chi connectivity index (χ2n) is 15.5. The highest BCUT2D eigenvalue weighted by atomic mass is 16.6. The Balaban J connectivity index is 1.22. The van der Waals surface area contributed by atoms with E-state index in [2.05, 4.69) is 24.1 Å². The Labute approximate surface area is 277 Å². The molecular formula is C38H48N2O7. The van der Waals surface area contributed by atoms with E-state index in [1.165, 1.54) is 0 Å². The average Bonchev–Trinajstić information content (AvgIpc) is 3.47. The summed E-state index contributed by atoms with van der Waals surface area (Å²) in [4.78, 5) is 29.9. The van der Waals surface area contributed by atoms with E-state index in [0.717, 1.165) is 19.4 Å². The molecule has 5 aliphatic carbocycles. The van der Waals surface area contributed by atoms with Crippen LogP contribution in [0, 0.1) is 35.0 Å². The fourth-order valence-corrected chi connectivity index (χ4v) is 12.6. The lowest BCUT2D eigenvalue weighted by atomic mass is 9.43. The lowest BCUT2D eigenvalue weighted by molar-refractivity contribution is -0.327. The van der Waals surface area contributed by atoms with Crippen LogP contribution in [-0.4, -0.2) is 89.4 Å². The number of aliphatic hydroxyl groups is 2. The Morgan fingerprint density at radius 2 is 1.72 bits per heavy atom. The number of likely N-dealkylation sites (N-methyl/N-ethyl adjacent to an activating group) is 1. The minimum absolute atomic E-state index is 0.0103. The highest BCUT2D eigenvalue weighted by Crippen LogP contribution is 2.78. The molecule has 0 radical (unpaired) electrons. The van der Waals surface area contributed by atoms with Crippen LogP contribution in [0.3, 0.4) is 0 Å². The van der Waals surface area contributed by atoms with Crippen molar-refractivity contribution in [1.29, 1.82) is 0 Å². The molecule has 1 spiro atoms. The Morgan fingerprint density at radius 1 is 0.979 bits per heavy atom. The van der Waals surface area contributed by atoms with Crippen LogP contribution >= 0.6 is 0 Å². The van der Waals surface area contributed by atoms with Crippen molar-refractivity contribution in [3.63, 3.8) is 0 Å². The summed E-state index contributed by atoms with van der Waals surface area (Å²) in [5.41, 5.74) is -2.94. The molecule has 252 valence electrons. The lowest BCUT2D eigenvalue weighted by Gasteiger charge is -2.70. The zero-order valence-electron chi connectivity index (χ0n) is 27.9. The number of rotatable bonds is 7. The van der Waals surface area contributed by atoms with Gasteiger partial charge in [0.25, 0.3) is 5.91 Å². The van der Waals surface area contributed by atoms with Crippen LogP contribution in [0.25, 0.3) is 0 Å². The first kappa shape index (κ1) is 31.4. The molecule has 3 N–H and O–H groups in total. The number of likely N-dealkylation sites (tertiary alicyclic amines) is 1. The molecule has 7 bridgehead atoms. The molecule has 2 aromatic carbocycles. The van der Waals surface area contributed by atoms with Crippen LogP contribution in [-0.2, 0) is 14.2 Å². The molecule has 0 aromatic heterocycles. The SMILES string of the molecule is CCN1C[C@]2(OC(=O)c3ccccc3NC(=O)c3ccccc3)CC[C@H](OC)[C@]34C1[C@H](CC23)[C@@]1(O)C[C@H](C)C[C@H]2CC4[C@]1(O)[C@H]2OC. The van der Waals surface area contributed by atoms with Gasteiger partial charge in [0, 0.05) is 55.5 Å². The smallest absolute Gasteiger partial charge is 0.340 e. The van der Waals surface area contributed by atoms with Crippen molar-refractivity contribution < 1.29 is 34.0 Å². The molecule has 2 aromatic rings. The summed E-state index contributed by atoms with van der Waals surface area (Å²) in [6, 6.07) is 15.9. The molecular weight excluding hydrogens is 596 g/mol. The molecule has 8 rings (SSSR count). The number of ether oxygens (including phenoxy) is 3. The van der Waals surface area contributed by atoms with Gasteiger partial charge in [0.1, 0.15) is 16.8 Å². The van der Waals surface area contributed by atoms with Crippen LogP contribution in [0.5, 0.6) is 0 Å². The molecule has 1 heterocycles. The number of nitrogens with zero attached hydrogens (tertiary/aromatic N) is 1. The number of para-hydroxylation sites is 1. The normalized spacial score (nSPS) is 44.5. The quantitative estimate of drug-likeness (QED) is 0.377. The van der Waals surface area contributed by atoms with Gasteiger partial charge in [0.2, 0.25) is 0 Å². The number of benzene rings is 2. The number of carbonyl (C=O) groups excluding carboxylic acids is 2. The van der Waals surface area contributed by atoms with Gasteiger partial charge >= 0.3 is 5.97 Å². The number of methoxy groups -OCH3 is 2. The van der Waals surface area contributed by atoms with E-state index < -0.39 is 34.3 Å². The van der Waals surface area contributed by atoms with Crippen molar-refractivity contribution >= 4 is 17.6 Å². The van der Waals surface area contributed by atoms with Gasteiger partial charge in [-0.05, 0) is 81.2 Å². The summed E-state index contributed by atoms with van der Waals surface area (Å²) in [5.74, 6) is -1.01. The Bertz CT molecular complexity index is 1570. The first-order valence-electron chi connectivity index (χ1n) is 17.5. The molecule has 3 unspecified atom stereocenters. The molecule has 5 saturated carbocycles. The minimum atomic E-state index is -1.43. The van der Waals surface area contributed by atoms with Gasteiger partial charge in [0.05, 0.1) is 23.5 Å². The molecule has 9 nitrogen and oxygen atoms in total. The monoisotopic (exact) mass is 644 g/mol. The van der Waals surface area contributed by atoms with Crippen molar-refractivity contribution in [3.8, 4) is 0 Å². The number of nitrogens with one attached hydrogen (secondary N) is 1. The van der Waals surface area contributed by atoms with Gasteiger partial charge in [0.15, 0.2) is 0 Å². The highest BCUT2D eigenvalue weighted by molar-refractivity contribution is 6.08. The van der Waals surface area contributed by atoms with Crippen molar-refractivity contribution in [2.45, 2.75) is 87.4 Å². The molecule has 9 heteroatoms. The number of piperidine rings is 1. The fraction of sp³-hybridized carbons (Fsp3) is 0.632. The number of fused-ring (bicyclic) bond motifs is 2. The minimum Gasteiger partial charge on any atom is -0.454 e. The van der Waals surface area contributed by atoms with E-state index in [1.54, 1.807) is 62.8 Å². The number of anilines is 1. The van der Waals surface area contributed by atoms with Crippen molar-refractivity contribution in [1.82, 2.24) is 4.90 Å². The largest absolute Gasteiger partial charge is 0.454 e. The van der Waals surface area contributed by atoms with Crippen LogP contribution < -0.4 is 5.32 Å². The summed E-state index contributed by atoms with van der Waals surface area (Å²) in [6.45, 7) is 5.62. The second kappa shape index (κ2) is 10.8. The Hall–Kier alpha value is -2.82. The van der Waals surface area contributed by atoms with E-state index in [1.807, 2.05) is 6.07 Å². The van der Waals surface area contributed by atoms with Crippen LogP contribution in [0.4, 0.5) is 5.69 Å². The number of carbonyl (C=O) groups is 2. The molecule has 1 aliphatic heterocycles. The average molecular weight is 645 g/mol. The Kier molecular flexibility index (Phi) is 7.25. The lowest BCUT2D eigenvalue weighted by Crippen LogP contribution is -2.82. The summed E-state index contributed by atoms with van der Waals surface area (Å²) in [6.07, 6.45) is 3.51. The van der Waals surface area contributed by atoms with E-state index in [9.17, 15) is 19.8 Å². The van der Waals surface area contributed by atoms with Crippen molar-refractivity contribution in [2.24, 2.45) is 35.0 Å². The van der Waals surface area contributed by atoms with Crippen molar-refractivity contribution in [3.05, 3.63) is 65.7 Å². The highest BCUT2D eigenvalue weighted by Gasteiger charge is 2.87. The fourth-order valence-electron chi connectivity index (χ4n) is 12.6. The van der Waals surface area contributed by atoms with Crippen molar-refractivity contribution in [2.75, 3.05) is 32.6 Å². The van der Waals surface area contributed by atoms with Crippen LogP contribution in [0.2, 0.25) is 0 Å². The van der Waals surface area contributed by atoms with Gasteiger partial charge in [-0.3, -0.25) is 9.69 Å². The van der Waals surface area contributed by atoms with Gasteiger partial charge in [-0.1, -0.05) is 44.2 Å². The number of amides is 1. The molecule has 6 aliphatic rings. The molecule has 1 saturated heterocycles. The van der Waals surface area contributed by atoms with Gasteiger partial charge in [-0.25, -0.2) is 4.79 Å². The molecule has 47 heavy (non-hydrogen) atoms. The summed E-state index contributed by atoms with van der Waals surface area (Å²) >= 11 is 0. The van der Waals surface area contributed by atoms with E-state index >= 15 is 0 Å². The van der Waals surface area contributed by atoms with E-state index in [0.29, 0.717) is 49.0 Å². The maximum Gasteiger partial charge on any atom is 0.340 e. The standard InChI is InChI=1S/C38H48N2O7/c1-5-40-21-35(47-34(42)25-13-9-10-14-27(25)39-33(41)23-11-7-6-8-12-23)16-15-30(45-3)37-28(35)19-26(31(37)40)36(43)20-22(2)17-24-18-29(37)38(36,44)32(24)46-4/h6-14,22,24,26,28-32,43-44H,5,15-21H2,1-4H3,(H,39,41)/t22-,24+,26+,28?,29?,30+,31?,32+,35-,36+,37+,38+/m1/s1. The predicted molar refractivity (Wildman–Crippen MR) is 175 cm³/mol. The number of hydrogen-bond donors (Lipinski definition) is 3. The van der Waals surface area contributed by atoms with E-state index in [4.69, 9.17) is 14.2 Å². The summed E-state index contributed by atoms with van der Waals surface area (Å²) in [7, 11) is 3.45. The number of esters is 1. The maximum absolute atomic E-state index is 14.4. The summed E-state index contributed by atoms with van der Waals surface area (Å²) < 4.78 is 19.4. The zero-order chi connectivity index (χ0) is 32.9. The molecule has 6 fully saturated rings. The number of hydrogen-bond acceptors (Lipinski definition) is 8. The van der Waals surface area contributed by atoms with Gasteiger partial charge in [-0.2, -0.15) is 0 Å². The third-order valence-electron chi connectivity index (χ3n) is 13.8. The van der Waals surface area contributed by atoms with Gasteiger partial charge < -0.3 is 29.7 Å².